The van der Waals surface area contributed by atoms with Gasteiger partial charge in [0.2, 0.25) is 5.78 Å². The highest BCUT2D eigenvalue weighted by molar-refractivity contribution is 6.13. The van der Waals surface area contributed by atoms with Crippen LogP contribution in [-0.4, -0.2) is 17.4 Å². The standard InChI is InChI=1S/C19H19NO4/c1-11(2)17-16(21)15-7-13-8-20(9-14-5-4-6-22-14)10-23-18(13)12(3)19(15)24-17/h4-7H,8-10H2,1-3H3. The minimum Gasteiger partial charge on any atom is -0.477 e. The SMILES string of the molecule is CC(C)=C1Oc2c(cc3c(c2C)OCN(Cc2ccco2)C3)C1=O. The van der Waals surface area contributed by atoms with Crippen LogP contribution in [0.5, 0.6) is 11.5 Å². The van der Waals surface area contributed by atoms with Crippen molar-refractivity contribution in [3.05, 3.63) is 58.2 Å². The van der Waals surface area contributed by atoms with Crippen molar-refractivity contribution in [2.24, 2.45) is 0 Å². The van der Waals surface area contributed by atoms with Crippen LogP contribution in [-0.2, 0) is 13.1 Å². The second-order valence-corrected chi connectivity index (χ2v) is 6.47. The summed E-state index contributed by atoms with van der Waals surface area (Å²) in [5, 5.41) is 0. The summed E-state index contributed by atoms with van der Waals surface area (Å²) in [5.41, 5.74) is 3.42. The smallest absolute Gasteiger partial charge is 0.231 e. The van der Waals surface area contributed by atoms with Crippen LogP contribution in [0.3, 0.4) is 0 Å². The molecule has 4 rings (SSSR count). The molecule has 0 spiro atoms. The van der Waals surface area contributed by atoms with Crippen LogP contribution in [0.4, 0.5) is 0 Å². The summed E-state index contributed by atoms with van der Waals surface area (Å²) in [4.78, 5) is 14.7. The van der Waals surface area contributed by atoms with E-state index in [9.17, 15) is 4.79 Å². The van der Waals surface area contributed by atoms with Crippen molar-refractivity contribution in [2.75, 3.05) is 6.73 Å². The lowest BCUT2D eigenvalue weighted by atomic mass is 10.00. The first-order chi connectivity index (χ1) is 11.5. The predicted molar refractivity (Wildman–Crippen MR) is 88.0 cm³/mol. The molecular weight excluding hydrogens is 306 g/mol. The number of furan rings is 1. The molecule has 0 radical (unpaired) electrons. The Balaban J connectivity index is 1.68. The highest BCUT2D eigenvalue weighted by Gasteiger charge is 2.34. The third-order valence-electron chi connectivity index (χ3n) is 4.39. The fourth-order valence-electron chi connectivity index (χ4n) is 3.24. The molecule has 5 nitrogen and oxygen atoms in total. The van der Waals surface area contributed by atoms with E-state index < -0.39 is 0 Å². The topological polar surface area (TPSA) is 51.9 Å². The Morgan fingerprint density at radius 2 is 2.12 bits per heavy atom. The van der Waals surface area contributed by atoms with Crippen LogP contribution in [0.25, 0.3) is 0 Å². The zero-order valence-corrected chi connectivity index (χ0v) is 14.0. The number of hydrogen-bond donors (Lipinski definition) is 0. The molecule has 24 heavy (non-hydrogen) atoms. The van der Waals surface area contributed by atoms with Crippen molar-refractivity contribution >= 4 is 5.78 Å². The average Bonchev–Trinajstić information content (AvgIpc) is 3.16. The number of carbonyl (C=O) groups is 1. The minimum absolute atomic E-state index is 0.0425. The molecule has 2 aliphatic rings. The predicted octanol–water partition coefficient (Wildman–Crippen LogP) is 3.81. The van der Waals surface area contributed by atoms with Gasteiger partial charge in [0, 0.05) is 17.7 Å². The summed E-state index contributed by atoms with van der Waals surface area (Å²) in [5.74, 6) is 2.75. The van der Waals surface area contributed by atoms with Crippen LogP contribution < -0.4 is 9.47 Å². The second kappa shape index (κ2) is 5.53. The Labute approximate surface area is 140 Å². The van der Waals surface area contributed by atoms with Crippen molar-refractivity contribution < 1.29 is 18.7 Å². The summed E-state index contributed by atoms with van der Waals surface area (Å²) < 4.78 is 17.2. The van der Waals surface area contributed by atoms with Gasteiger partial charge in [0.1, 0.15) is 24.0 Å². The number of carbonyl (C=O) groups excluding carboxylic acids is 1. The van der Waals surface area contributed by atoms with Gasteiger partial charge in [0.25, 0.3) is 0 Å². The Bertz CT molecular complexity index is 845. The molecule has 0 fully saturated rings. The van der Waals surface area contributed by atoms with Crippen LogP contribution in [0.15, 0.2) is 40.2 Å². The van der Waals surface area contributed by atoms with E-state index in [1.165, 1.54) is 0 Å². The van der Waals surface area contributed by atoms with Gasteiger partial charge in [-0.25, -0.2) is 0 Å². The first-order valence-corrected chi connectivity index (χ1v) is 7.98. The first kappa shape index (κ1) is 15.0. The van der Waals surface area contributed by atoms with Gasteiger partial charge in [0.05, 0.1) is 18.4 Å². The highest BCUT2D eigenvalue weighted by Crippen LogP contribution is 2.43. The maximum absolute atomic E-state index is 12.6. The largest absolute Gasteiger partial charge is 0.477 e. The summed E-state index contributed by atoms with van der Waals surface area (Å²) in [6, 6.07) is 5.73. The Morgan fingerprint density at radius 3 is 2.83 bits per heavy atom. The molecule has 124 valence electrons. The lowest BCUT2D eigenvalue weighted by Crippen LogP contribution is -2.31. The number of benzene rings is 1. The van der Waals surface area contributed by atoms with Crippen LogP contribution >= 0.6 is 0 Å². The van der Waals surface area contributed by atoms with Gasteiger partial charge in [0.15, 0.2) is 5.76 Å². The van der Waals surface area contributed by atoms with E-state index >= 15 is 0 Å². The molecule has 0 unspecified atom stereocenters. The maximum atomic E-state index is 12.6. The molecule has 5 heteroatoms. The fourth-order valence-corrected chi connectivity index (χ4v) is 3.24. The van der Waals surface area contributed by atoms with Crippen LogP contribution in [0.2, 0.25) is 0 Å². The number of hydrogen-bond acceptors (Lipinski definition) is 5. The zero-order chi connectivity index (χ0) is 16.8. The Morgan fingerprint density at radius 1 is 1.29 bits per heavy atom. The van der Waals surface area contributed by atoms with Gasteiger partial charge in [-0.1, -0.05) is 0 Å². The van der Waals surface area contributed by atoms with Crippen LogP contribution in [0.1, 0.15) is 41.1 Å². The van der Waals surface area contributed by atoms with E-state index in [4.69, 9.17) is 13.9 Å². The number of ether oxygens (including phenoxy) is 2. The first-order valence-electron chi connectivity index (χ1n) is 7.98. The van der Waals surface area contributed by atoms with Crippen LogP contribution in [0, 0.1) is 6.92 Å². The molecule has 0 aliphatic carbocycles. The van der Waals surface area contributed by atoms with E-state index in [1.54, 1.807) is 6.26 Å². The highest BCUT2D eigenvalue weighted by atomic mass is 16.5. The number of nitrogens with zero attached hydrogens (tertiary/aromatic N) is 1. The Kier molecular flexibility index (Phi) is 3.46. The van der Waals surface area contributed by atoms with E-state index in [0.29, 0.717) is 36.9 Å². The lowest BCUT2D eigenvalue weighted by Gasteiger charge is -2.29. The van der Waals surface area contributed by atoms with Crippen molar-refractivity contribution in [3.8, 4) is 11.5 Å². The maximum Gasteiger partial charge on any atom is 0.231 e. The number of ketones is 1. The van der Waals surface area contributed by atoms with E-state index in [-0.39, 0.29) is 5.78 Å². The van der Waals surface area contributed by atoms with E-state index in [2.05, 4.69) is 4.90 Å². The third-order valence-corrected chi connectivity index (χ3v) is 4.39. The van der Waals surface area contributed by atoms with Gasteiger partial charge >= 0.3 is 0 Å². The lowest BCUT2D eigenvalue weighted by molar-refractivity contribution is 0.0813. The third kappa shape index (κ3) is 2.32. The summed E-state index contributed by atoms with van der Waals surface area (Å²) >= 11 is 0. The summed E-state index contributed by atoms with van der Waals surface area (Å²) in [6.45, 7) is 7.58. The van der Waals surface area contributed by atoms with E-state index in [1.807, 2.05) is 39.0 Å². The quantitative estimate of drug-likeness (QED) is 0.786. The van der Waals surface area contributed by atoms with Gasteiger partial charge < -0.3 is 13.9 Å². The number of Topliss-reactive ketones (excluding diaryl/α,β-unsaturated/α-hetero) is 1. The van der Waals surface area contributed by atoms with Gasteiger partial charge in [-0.3, -0.25) is 9.69 Å². The normalized spacial score (nSPS) is 16.5. The number of allylic oxidation sites excluding steroid dienone is 2. The molecule has 0 saturated heterocycles. The van der Waals surface area contributed by atoms with E-state index in [0.717, 1.165) is 28.2 Å². The fraction of sp³-hybridized carbons (Fsp3) is 0.316. The molecule has 0 atom stereocenters. The molecule has 2 aromatic rings. The second-order valence-electron chi connectivity index (χ2n) is 6.47. The number of rotatable bonds is 2. The molecule has 1 aromatic carbocycles. The molecule has 0 N–H and O–H groups in total. The monoisotopic (exact) mass is 325 g/mol. The minimum atomic E-state index is -0.0425. The molecule has 0 bridgehead atoms. The molecule has 2 aliphatic heterocycles. The Hall–Kier alpha value is -2.53. The van der Waals surface area contributed by atoms with Crippen molar-refractivity contribution in [1.82, 2.24) is 4.90 Å². The van der Waals surface area contributed by atoms with Crippen molar-refractivity contribution in [1.29, 1.82) is 0 Å². The molecule has 3 heterocycles. The zero-order valence-electron chi connectivity index (χ0n) is 14.0. The molecule has 1 aromatic heterocycles. The number of fused-ring (bicyclic) bond motifs is 2. The molecule has 0 saturated carbocycles. The average molecular weight is 325 g/mol. The van der Waals surface area contributed by atoms with Gasteiger partial charge in [-0.15, -0.1) is 0 Å². The summed E-state index contributed by atoms with van der Waals surface area (Å²) in [6.07, 6.45) is 1.67. The summed E-state index contributed by atoms with van der Waals surface area (Å²) in [7, 11) is 0. The van der Waals surface area contributed by atoms with Gasteiger partial charge in [-0.05, 0) is 44.5 Å². The molecule has 0 amide bonds. The van der Waals surface area contributed by atoms with Gasteiger partial charge in [-0.2, -0.15) is 0 Å². The van der Waals surface area contributed by atoms with Crippen molar-refractivity contribution in [3.63, 3.8) is 0 Å². The molecular formula is C19H19NO4. The van der Waals surface area contributed by atoms with Crippen molar-refractivity contribution in [2.45, 2.75) is 33.9 Å².